The quantitative estimate of drug-likeness (QED) is 0.900. The Morgan fingerprint density at radius 2 is 2.36 bits per heavy atom. The fourth-order valence-corrected chi connectivity index (χ4v) is 1.61. The first-order valence-electron chi connectivity index (χ1n) is 4.59. The van der Waals surface area contributed by atoms with Crippen LogP contribution in [-0.2, 0) is 7.05 Å². The highest BCUT2D eigenvalue weighted by Crippen LogP contribution is 2.18. The smallest absolute Gasteiger partial charge is 0.0748 e. The van der Waals surface area contributed by atoms with Crippen molar-refractivity contribution in [1.82, 2.24) is 15.1 Å². The molecule has 0 aromatic carbocycles. The summed E-state index contributed by atoms with van der Waals surface area (Å²) in [7, 11) is 3.90. The lowest BCUT2D eigenvalue weighted by atomic mass is 10.1. The zero-order valence-electron chi connectivity index (χ0n) is 9.00. The van der Waals surface area contributed by atoms with Crippen molar-refractivity contribution in [2.24, 2.45) is 7.05 Å². The Bertz CT molecular complexity index is 322. The molecule has 0 spiro atoms. The van der Waals surface area contributed by atoms with Gasteiger partial charge in [-0.1, -0.05) is 5.57 Å². The molecule has 78 valence electrons. The molecule has 1 N–H and O–H groups in total. The Morgan fingerprint density at radius 1 is 1.71 bits per heavy atom. The van der Waals surface area contributed by atoms with Crippen molar-refractivity contribution in [3.05, 3.63) is 21.9 Å². The van der Waals surface area contributed by atoms with Gasteiger partial charge in [-0.3, -0.25) is 4.68 Å². The van der Waals surface area contributed by atoms with Crippen molar-refractivity contribution in [3.63, 3.8) is 0 Å². The normalized spacial score (nSPS) is 14.5. The van der Waals surface area contributed by atoms with E-state index in [4.69, 9.17) is 0 Å². The number of aromatic nitrogens is 2. The molecule has 4 heteroatoms. The summed E-state index contributed by atoms with van der Waals surface area (Å²) in [6.07, 6.45) is 3.95. The number of hydrogen-bond acceptors (Lipinski definition) is 2. The van der Waals surface area contributed by atoms with Crippen LogP contribution in [0.2, 0.25) is 0 Å². The van der Waals surface area contributed by atoms with Crippen LogP contribution in [0, 0.1) is 0 Å². The molecule has 1 unspecified atom stereocenters. The van der Waals surface area contributed by atoms with Crippen molar-refractivity contribution >= 4 is 22.0 Å². The molecular weight excluding hydrogens is 242 g/mol. The third-order valence-corrected chi connectivity index (χ3v) is 3.03. The minimum Gasteiger partial charge on any atom is -0.314 e. The summed E-state index contributed by atoms with van der Waals surface area (Å²) in [5.74, 6) is 0. The van der Waals surface area contributed by atoms with Crippen LogP contribution < -0.4 is 5.32 Å². The van der Waals surface area contributed by atoms with Crippen LogP contribution in [0.3, 0.4) is 0 Å². The van der Waals surface area contributed by atoms with Gasteiger partial charge >= 0.3 is 0 Å². The van der Waals surface area contributed by atoms with E-state index in [9.17, 15) is 0 Å². The van der Waals surface area contributed by atoms with Crippen LogP contribution in [0.4, 0.5) is 0 Å². The molecule has 1 aromatic rings. The van der Waals surface area contributed by atoms with Gasteiger partial charge in [0.15, 0.2) is 0 Å². The Hall–Kier alpha value is -0.610. The maximum atomic E-state index is 4.16. The molecule has 0 aliphatic carbocycles. The number of likely N-dealkylation sites (N-methyl/N-ethyl adjacent to an activating group) is 1. The summed E-state index contributed by atoms with van der Waals surface area (Å²) in [6.45, 7) is 4.25. The molecule has 1 atom stereocenters. The zero-order chi connectivity index (χ0) is 10.7. The van der Waals surface area contributed by atoms with Crippen LogP contribution in [0.5, 0.6) is 0 Å². The summed E-state index contributed by atoms with van der Waals surface area (Å²) >= 11 is 3.47. The van der Waals surface area contributed by atoms with Crippen molar-refractivity contribution in [2.75, 3.05) is 7.05 Å². The number of hydrogen-bond donors (Lipinski definition) is 1. The molecule has 0 amide bonds. The molecule has 3 nitrogen and oxygen atoms in total. The Morgan fingerprint density at radius 3 is 2.79 bits per heavy atom. The van der Waals surface area contributed by atoms with Crippen LogP contribution in [0.1, 0.15) is 19.5 Å². The van der Waals surface area contributed by atoms with E-state index in [1.807, 2.05) is 25.0 Å². The maximum absolute atomic E-state index is 4.16. The molecule has 0 saturated carbocycles. The minimum absolute atomic E-state index is 0.386. The summed E-state index contributed by atoms with van der Waals surface area (Å²) < 4.78 is 2.89. The van der Waals surface area contributed by atoms with Crippen LogP contribution in [-0.4, -0.2) is 22.9 Å². The fourth-order valence-electron chi connectivity index (χ4n) is 1.15. The average molecular weight is 258 g/mol. The molecule has 0 bridgehead atoms. The molecule has 1 heterocycles. The molecule has 1 rings (SSSR count). The van der Waals surface area contributed by atoms with Gasteiger partial charge in [-0.2, -0.15) is 5.10 Å². The van der Waals surface area contributed by atoms with Crippen LogP contribution >= 0.6 is 15.9 Å². The number of halogens is 1. The Balaban J connectivity index is 2.96. The minimum atomic E-state index is 0.386. The third kappa shape index (κ3) is 2.45. The van der Waals surface area contributed by atoms with Gasteiger partial charge in [-0.25, -0.2) is 0 Å². The number of aryl methyl sites for hydroxylation is 1. The number of nitrogens with zero attached hydrogens (tertiary/aromatic N) is 2. The van der Waals surface area contributed by atoms with E-state index in [0.717, 1.165) is 10.2 Å². The SMILES string of the molecule is CNC(C)/C(C)=C/c1c(Br)cnn1C. The maximum Gasteiger partial charge on any atom is 0.0748 e. The topological polar surface area (TPSA) is 29.9 Å². The van der Waals surface area contributed by atoms with Crippen molar-refractivity contribution in [3.8, 4) is 0 Å². The average Bonchev–Trinajstić information content (AvgIpc) is 2.48. The molecule has 0 aliphatic rings. The zero-order valence-corrected chi connectivity index (χ0v) is 10.6. The first kappa shape index (κ1) is 11.5. The van der Waals surface area contributed by atoms with Gasteiger partial charge in [0, 0.05) is 13.1 Å². The van der Waals surface area contributed by atoms with Gasteiger partial charge in [0.2, 0.25) is 0 Å². The molecule has 0 saturated heterocycles. The lowest BCUT2D eigenvalue weighted by Crippen LogP contribution is -2.22. The van der Waals surface area contributed by atoms with E-state index in [2.05, 4.69) is 46.3 Å². The van der Waals surface area contributed by atoms with Gasteiger partial charge in [-0.05, 0) is 42.9 Å². The van der Waals surface area contributed by atoms with Crippen LogP contribution in [0.15, 0.2) is 16.2 Å². The van der Waals surface area contributed by atoms with E-state index in [1.165, 1.54) is 5.57 Å². The fraction of sp³-hybridized carbons (Fsp3) is 0.500. The standard InChI is InChI=1S/C10H16BrN3/c1-7(8(2)12-3)5-10-9(11)6-13-14(10)4/h5-6,8,12H,1-4H3/b7-5+. The number of rotatable bonds is 3. The van der Waals surface area contributed by atoms with Crippen molar-refractivity contribution in [1.29, 1.82) is 0 Å². The highest BCUT2D eigenvalue weighted by Gasteiger charge is 2.05. The predicted octanol–water partition coefficient (Wildman–Crippen LogP) is 2.19. The highest BCUT2D eigenvalue weighted by atomic mass is 79.9. The van der Waals surface area contributed by atoms with Gasteiger partial charge in [0.05, 0.1) is 16.4 Å². The number of nitrogens with one attached hydrogen (secondary N) is 1. The van der Waals surface area contributed by atoms with E-state index < -0.39 is 0 Å². The molecule has 0 fully saturated rings. The molecule has 14 heavy (non-hydrogen) atoms. The summed E-state index contributed by atoms with van der Waals surface area (Å²) in [6, 6.07) is 0.386. The first-order chi connectivity index (χ1) is 6.56. The molecule has 1 aromatic heterocycles. The van der Waals surface area contributed by atoms with E-state index in [-0.39, 0.29) is 0 Å². The summed E-state index contributed by atoms with van der Waals surface area (Å²) in [4.78, 5) is 0. The van der Waals surface area contributed by atoms with Crippen molar-refractivity contribution in [2.45, 2.75) is 19.9 Å². The lowest BCUT2D eigenvalue weighted by Gasteiger charge is -2.10. The van der Waals surface area contributed by atoms with Gasteiger partial charge < -0.3 is 5.32 Å². The summed E-state index contributed by atoms with van der Waals surface area (Å²) in [5.41, 5.74) is 2.39. The van der Waals surface area contributed by atoms with Crippen LogP contribution in [0.25, 0.3) is 6.08 Å². The monoisotopic (exact) mass is 257 g/mol. The Labute approximate surface area is 93.3 Å². The summed E-state index contributed by atoms with van der Waals surface area (Å²) in [5, 5.41) is 7.36. The van der Waals surface area contributed by atoms with Crippen molar-refractivity contribution < 1.29 is 0 Å². The second-order valence-corrected chi connectivity index (χ2v) is 4.25. The van der Waals surface area contributed by atoms with Gasteiger partial charge in [0.25, 0.3) is 0 Å². The van der Waals surface area contributed by atoms with Gasteiger partial charge in [0.1, 0.15) is 0 Å². The second kappa shape index (κ2) is 4.75. The van der Waals surface area contributed by atoms with Gasteiger partial charge in [-0.15, -0.1) is 0 Å². The van der Waals surface area contributed by atoms with E-state index >= 15 is 0 Å². The lowest BCUT2D eigenvalue weighted by molar-refractivity contribution is 0.694. The first-order valence-corrected chi connectivity index (χ1v) is 5.38. The second-order valence-electron chi connectivity index (χ2n) is 3.40. The molecule has 0 radical (unpaired) electrons. The highest BCUT2D eigenvalue weighted by molar-refractivity contribution is 9.10. The van der Waals surface area contributed by atoms with E-state index in [0.29, 0.717) is 6.04 Å². The molecule has 0 aliphatic heterocycles. The Kier molecular flexibility index (Phi) is 3.89. The third-order valence-electron chi connectivity index (χ3n) is 2.42. The predicted molar refractivity (Wildman–Crippen MR) is 63.1 cm³/mol. The molecular formula is C10H16BrN3. The largest absolute Gasteiger partial charge is 0.314 e. The van der Waals surface area contributed by atoms with E-state index in [1.54, 1.807) is 0 Å².